The average Bonchev–Trinajstić information content (AvgIpc) is 2.73. The summed E-state index contributed by atoms with van der Waals surface area (Å²) in [5.41, 5.74) is 5.92. The van der Waals surface area contributed by atoms with Crippen LogP contribution in [0.4, 0.5) is 5.69 Å². The molecule has 172 valence electrons. The molecule has 6 heteroatoms. The van der Waals surface area contributed by atoms with E-state index in [0.29, 0.717) is 24.4 Å². The Balaban J connectivity index is 1.28. The Morgan fingerprint density at radius 2 is 1.91 bits per heavy atom. The van der Waals surface area contributed by atoms with E-state index in [9.17, 15) is 8.76 Å². The van der Waals surface area contributed by atoms with Crippen molar-refractivity contribution in [3.63, 3.8) is 0 Å². The fourth-order valence-electron chi connectivity index (χ4n) is 5.80. The molecular formula is C26H34N3O2S-. The van der Waals surface area contributed by atoms with Crippen LogP contribution in [0.2, 0.25) is 0 Å². The van der Waals surface area contributed by atoms with E-state index < -0.39 is 11.3 Å². The smallest absolute Gasteiger partial charge is 0.0369 e. The fourth-order valence-corrected chi connectivity index (χ4v) is 6.11. The molecule has 2 aromatic rings. The molecular weight excluding hydrogens is 418 g/mol. The zero-order chi connectivity index (χ0) is 21.9. The summed E-state index contributed by atoms with van der Waals surface area (Å²) in [6, 6.07) is 18.9. The van der Waals surface area contributed by atoms with Crippen LogP contribution >= 0.6 is 0 Å². The molecule has 2 aliphatic heterocycles. The third-order valence-electron chi connectivity index (χ3n) is 7.69. The number of anilines is 1. The Morgan fingerprint density at radius 3 is 2.62 bits per heavy atom. The molecule has 0 radical (unpaired) electrons. The summed E-state index contributed by atoms with van der Waals surface area (Å²) in [5, 5.41) is 0. The quantitative estimate of drug-likeness (QED) is 0.466. The summed E-state index contributed by atoms with van der Waals surface area (Å²) in [4.78, 5) is 5.21. The number of nitrogens with zero attached hydrogens (tertiary/aromatic N) is 2. The molecule has 1 N–H and O–H groups in total. The maximum atomic E-state index is 10.6. The molecule has 2 aromatic carbocycles. The molecule has 0 bridgehead atoms. The Labute approximate surface area is 194 Å². The van der Waals surface area contributed by atoms with E-state index in [4.69, 9.17) is 0 Å². The maximum Gasteiger partial charge on any atom is 0.0369 e. The van der Waals surface area contributed by atoms with Crippen LogP contribution < -0.4 is 9.62 Å². The highest BCUT2D eigenvalue weighted by atomic mass is 32.2. The first-order chi connectivity index (χ1) is 15.7. The van der Waals surface area contributed by atoms with Gasteiger partial charge in [-0.3, -0.25) is 9.11 Å². The van der Waals surface area contributed by atoms with Crippen LogP contribution in [0.3, 0.4) is 0 Å². The maximum absolute atomic E-state index is 10.6. The summed E-state index contributed by atoms with van der Waals surface area (Å²) in [5.74, 6) is 1.24. The second-order valence-electron chi connectivity index (χ2n) is 9.72. The number of nitrogens with one attached hydrogen (secondary N) is 1. The van der Waals surface area contributed by atoms with Gasteiger partial charge in [0.05, 0.1) is 0 Å². The zero-order valence-corrected chi connectivity index (χ0v) is 19.6. The lowest BCUT2D eigenvalue weighted by atomic mass is 9.74. The lowest BCUT2D eigenvalue weighted by Crippen LogP contribution is -2.50. The van der Waals surface area contributed by atoms with Crippen LogP contribution in [0.25, 0.3) is 0 Å². The molecule has 1 unspecified atom stereocenters. The molecule has 2 fully saturated rings. The molecule has 3 aliphatic rings. The van der Waals surface area contributed by atoms with Crippen molar-refractivity contribution in [3.05, 3.63) is 65.2 Å². The van der Waals surface area contributed by atoms with Crippen molar-refractivity contribution in [1.82, 2.24) is 9.62 Å². The largest absolute Gasteiger partial charge is 0.760 e. The van der Waals surface area contributed by atoms with E-state index in [1.165, 1.54) is 43.6 Å². The number of aryl methyl sites for hydroxylation is 1. The summed E-state index contributed by atoms with van der Waals surface area (Å²) < 4.78 is 23.7. The van der Waals surface area contributed by atoms with E-state index in [1.54, 1.807) is 11.1 Å². The van der Waals surface area contributed by atoms with Gasteiger partial charge in [0, 0.05) is 48.5 Å². The van der Waals surface area contributed by atoms with E-state index in [1.807, 2.05) is 0 Å². The Hall–Kier alpha value is -1.73. The predicted molar refractivity (Wildman–Crippen MR) is 129 cm³/mol. The standard InChI is InChI=1S/C26H35N3O2S/c30-32(31)27-13-4-8-21-18-29(19-21)23-11-9-22-10-12-26(28-14-5-15-28)25(24(22)17-23)16-20-6-2-1-3-7-20/h1-3,6-7,9,11,17,21,25-27H,4-5,8,10,12-16,18-19H2,(H,30,31)/p-1/t25-,26+/m1/s1. The van der Waals surface area contributed by atoms with Crippen molar-refractivity contribution >= 4 is 17.0 Å². The van der Waals surface area contributed by atoms with Gasteiger partial charge < -0.3 is 9.45 Å². The topological polar surface area (TPSA) is 58.6 Å². The molecule has 32 heavy (non-hydrogen) atoms. The van der Waals surface area contributed by atoms with Crippen molar-refractivity contribution in [2.24, 2.45) is 5.92 Å². The van der Waals surface area contributed by atoms with Crippen LogP contribution in [-0.4, -0.2) is 52.4 Å². The second-order valence-corrected chi connectivity index (χ2v) is 10.5. The number of likely N-dealkylation sites (tertiary alicyclic amines) is 1. The van der Waals surface area contributed by atoms with Gasteiger partial charge in [0.1, 0.15) is 0 Å². The highest BCUT2D eigenvalue weighted by Gasteiger charge is 2.36. The van der Waals surface area contributed by atoms with Crippen molar-refractivity contribution < 1.29 is 8.76 Å². The number of rotatable bonds is 9. The number of fused-ring (bicyclic) bond motifs is 1. The molecule has 0 amide bonds. The van der Waals surface area contributed by atoms with Crippen LogP contribution in [-0.2, 0) is 24.1 Å². The van der Waals surface area contributed by atoms with E-state index >= 15 is 0 Å². The lowest BCUT2D eigenvalue weighted by molar-refractivity contribution is 0.0877. The molecule has 2 heterocycles. The summed E-state index contributed by atoms with van der Waals surface area (Å²) >= 11 is -2.14. The van der Waals surface area contributed by atoms with Crippen LogP contribution in [0.15, 0.2) is 48.5 Å². The molecule has 0 aromatic heterocycles. The van der Waals surface area contributed by atoms with Gasteiger partial charge >= 0.3 is 0 Å². The SMILES string of the molecule is O=S([O-])NCCCC1CN(c2ccc3c(c2)[C@@H](Cc2ccccc2)[C@@H](N2CCC2)CC3)C1. The first kappa shape index (κ1) is 22.1. The number of benzene rings is 2. The molecule has 1 aliphatic carbocycles. The highest BCUT2D eigenvalue weighted by Crippen LogP contribution is 2.41. The van der Waals surface area contributed by atoms with Gasteiger partial charge in [-0.05, 0) is 86.4 Å². The minimum Gasteiger partial charge on any atom is -0.760 e. The fraction of sp³-hybridized carbons (Fsp3) is 0.538. The van der Waals surface area contributed by atoms with E-state index in [0.717, 1.165) is 32.4 Å². The zero-order valence-electron chi connectivity index (χ0n) is 18.7. The predicted octanol–water partition coefficient (Wildman–Crippen LogP) is 3.63. The Bertz CT molecular complexity index is 928. The van der Waals surface area contributed by atoms with Gasteiger partial charge in [-0.1, -0.05) is 36.4 Å². The van der Waals surface area contributed by atoms with Crippen molar-refractivity contribution in [2.45, 2.75) is 50.5 Å². The van der Waals surface area contributed by atoms with Gasteiger partial charge in [-0.25, -0.2) is 4.72 Å². The van der Waals surface area contributed by atoms with Crippen molar-refractivity contribution in [2.75, 3.05) is 37.6 Å². The highest BCUT2D eigenvalue weighted by molar-refractivity contribution is 7.77. The van der Waals surface area contributed by atoms with Crippen molar-refractivity contribution in [3.8, 4) is 0 Å². The van der Waals surface area contributed by atoms with Crippen LogP contribution in [0.1, 0.15) is 48.3 Å². The first-order valence-electron chi connectivity index (χ1n) is 12.2. The molecule has 3 atom stereocenters. The monoisotopic (exact) mass is 452 g/mol. The number of hydrogen-bond acceptors (Lipinski definition) is 4. The molecule has 0 saturated carbocycles. The van der Waals surface area contributed by atoms with Crippen LogP contribution in [0, 0.1) is 5.92 Å². The molecule has 5 rings (SSSR count). The van der Waals surface area contributed by atoms with E-state index in [2.05, 4.69) is 63.1 Å². The van der Waals surface area contributed by atoms with Gasteiger partial charge in [0.25, 0.3) is 0 Å². The summed E-state index contributed by atoms with van der Waals surface area (Å²) in [6.07, 6.45) is 6.93. The van der Waals surface area contributed by atoms with Gasteiger partial charge in [-0.15, -0.1) is 0 Å². The van der Waals surface area contributed by atoms with Crippen molar-refractivity contribution in [1.29, 1.82) is 0 Å². The second kappa shape index (κ2) is 10.0. The minimum absolute atomic E-state index is 0.546. The third-order valence-corrected chi connectivity index (χ3v) is 8.13. The van der Waals surface area contributed by atoms with Crippen LogP contribution in [0.5, 0.6) is 0 Å². The summed E-state index contributed by atoms with van der Waals surface area (Å²) in [6.45, 7) is 5.22. The Kier molecular flexibility index (Phi) is 6.93. The molecule has 2 saturated heterocycles. The lowest BCUT2D eigenvalue weighted by Gasteiger charge is -2.46. The molecule has 0 spiro atoms. The van der Waals surface area contributed by atoms with Gasteiger partial charge in [-0.2, -0.15) is 0 Å². The Morgan fingerprint density at radius 1 is 1.09 bits per heavy atom. The van der Waals surface area contributed by atoms with E-state index in [-0.39, 0.29) is 0 Å². The normalized spacial score (nSPS) is 24.5. The third kappa shape index (κ3) is 4.93. The first-order valence-corrected chi connectivity index (χ1v) is 13.2. The van der Waals surface area contributed by atoms with Gasteiger partial charge in [0.15, 0.2) is 0 Å². The van der Waals surface area contributed by atoms with Gasteiger partial charge in [0.2, 0.25) is 0 Å². The average molecular weight is 453 g/mol. The number of hydrogen-bond donors (Lipinski definition) is 1. The minimum atomic E-state index is -2.14. The summed E-state index contributed by atoms with van der Waals surface area (Å²) in [7, 11) is 0. The molecule has 5 nitrogen and oxygen atoms in total.